The van der Waals surface area contributed by atoms with E-state index in [4.69, 9.17) is 0 Å². The van der Waals surface area contributed by atoms with E-state index in [1.54, 1.807) is 0 Å². The lowest BCUT2D eigenvalue weighted by molar-refractivity contribution is -0.687. The van der Waals surface area contributed by atoms with Crippen molar-refractivity contribution in [2.45, 2.75) is 33.2 Å². The molecule has 4 rings (SSSR count). The van der Waals surface area contributed by atoms with Gasteiger partial charge in [0.05, 0.1) is 0 Å². The number of likely N-dealkylation sites (N-methyl/N-ethyl adjacent to an activating group) is 1. The van der Waals surface area contributed by atoms with Crippen molar-refractivity contribution in [1.29, 1.82) is 0 Å². The summed E-state index contributed by atoms with van der Waals surface area (Å²) in [5, 5.41) is 0. The van der Waals surface area contributed by atoms with E-state index in [9.17, 15) is 0 Å². The Morgan fingerprint density at radius 1 is 0.838 bits per heavy atom. The van der Waals surface area contributed by atoms with Gasteiger partial charge in [0, 0.05) is 49.2 Å². The van der Waals surface area contributed by atoms with Gasteiger partial charge < -0.3 is 0 Å². The summed E-state index contributed by atoms with van der Waals surface area (Å²) in [5.74, 6) is 0. The van der Waals surface area contributed by atoms with Crippen LogP contribution >= 0.6 is 0 Å². The minimum absolute atomic E-state index is 0.909. The van der Waals surface area contributed by atoms with Crippen molar-refractivity contribution < 1.29 is 13.7 Å². The van der Waals surface area contributed by atoms with Crippen LogP contribution in [0.5, 0.6) is 0 Å². The number of hydrogen-bond donors (Lipinski definition) is 0. The molecule has 37 heavy (non-hydrogen) atoms. The molecule has 4 aromatic rings. The van der Waals surface area contributed by atoms with Crippen molar-refractivity contribution in [3.63, 3.8) is 0 Å². The molecule has 0 aliphatic rings. The highest BCUT2D eigenvalue weighted by molar-refractivity contribution is 5.67. The van der Waals surface area contributed by atoms with E-state index in [1.165, 1.54) is 39.3 Å². The van der Waals surface area contributed by atoms with Crippen molar-refractivity contribution in [2.75, 3.05) is 13.6 Å². The van der Waals surface area contributed by atoms with Gasteiger partial charge in [-0.1, -0.05) is 43.0 Å². The Balaban J connectivity index is 1.67. The number of hydrogen-bond acceptors (Lipinski definition) is 0. The molecule has 0 unspecified atom stereocenters. The maximum atomic E-state index is 4.03. The summed E-state index contributed by atoms with van der Waals surface area (Å²) in [7, 11) is 2.09. The molecule has 2 aromatic carbocycles. The van der Waals surface area contributed by atoms with Gasteiger partial charge in [0.25, 0.3) is 0 Å². The molecule has 0 radical (unpaired) electrons. The SMILES string of the molecule is C=CC(=CC[N+](C)=CC)CCC[n+]1ccccc1-c1ccccc1-[n+]1ccccc1-c1ccccc1C. The van der Waals surface area contributed by atoms with E-state index in [0.29, 0.717) is 0 Å². The second-order valence-electron chi connectivity index (χ2n) is 9.35. The molecule has 3 nitrogen and oxygen atoms in total. The fraction of sp³-hybridized carbons (Fsp3) is 0.206. The van der Waals surface area contributed by atoms with Crippen LogP contribution in [0.2, 0.25) is 0 Å². The lowest BCUT2D eigenvalue weighted by Gasteiger charge is -2.10. The standard InChI is InChI=1S/C34H38N3/c1-5-29(23-27-35(4)6-2)17-15-25-36-24-13-11-20-32(36)31-19-9-10-21-34(31)37-26-14-12-22-33(37)30-18-8-7-16-28(30)3/h5-14,16,18-24,26H,1,15,17,25,27H2,2-4H3/q+3. The Labute approximate surface area is 222 Å². The van der Waals surface area contributed by atoms with Crippen molar-refractivity contribution >= 4 is 6.21 Å². The first-order valence-corrected chi connectivity index (χ1v) is 13.1. The molecule has 0 saturated carbocycles. The van der Waals surface area contributed by atoms with Gasteiger partial charge in [0.1, 0.15) is 25.4 Å². The Bertz CT molecular complexity index is 1430. The highest BCUT2D eigenvalue weighted by Crippen LogP contribution is 2.25. The van der Waals surface area contributed by atoms with Gasteiger partial charge >= 0.3 is 0 Å². The van der Waals surface area contributed by atoms with E-state index in [2.05, 4.69) is 151 Å². The fourth-order valence-electron chi connectivity index (χ4n) is 4.66. The fourth-order valence-corrected chi connectivity index (χ4v) is 4.66. The van der Waals surface area contributed by atoms with Gasteiger partial charge in [-0.15, -0.1) is 0 Å². The van der Waals surface area contributed by atoms with Gasteiger partial charge in [-0.25, -0.2) is 4.58 Å². The van der Waals surface area contributed by atoms with Crippen LogP contribution in [0.1, 0.15) is 25.3 Å². The number of aromatic nitrogens is 2. The summed E-state index contributed by atoms with van der Waals surface area (Å²) in [5.41, 5.74) is 8.60. The largest absolute Gasteiger partial charge is 0.239 e. The van der Waals surface area contributed by atoms with Crippen LogP contribution in [-0.2, 0) is 6.54 Å². The summed E-state index contributed by atoms with van der Waals surface area (Å²) in [6, 6.07) is 30.2. The third-order valence-corrected chi connectivity index (χ3v) is 6.87. The van der Waals surface area contributed by atoms with Crippen LogP contribution in [0.15, 0.2) is 122 Å². The lowest BCUT2D eigenvalue weighted by Crippen LogP contribution is -2.38. The number of rotatable bonds is 10. The normalized spacial score (nSPS) is 12.0. The first-order valence-electron chi connectivity index (χ1n) is 13.1. The quantitative estimate of drug-likeness (QED) is 0.137. The zero-order valence-corrected chi connectivity index (χ0v) is 22.3. The third-order valence-electron chi connectivity index (χ3n) is 6.87. The molecule has 0 atom stereocenters. The van der Waals surface area contributed by atoms with Crippen molar-refractivity contribution in [1.82, 2.24) is 0 Å². The molecular weight excluding hydrogens is 450 g/mol. The van der Waals surface area contributed by atoms with Gasteiger partial charge in [-0.2, -0.15) is 9.13 Å². The summed E-state index contributed by atoms with van der Waals surface area (Å²) < 4.78 is 6.87. The van der Waals surface area contributed by atoms with E-state index < -0.39 is 0 Å². The summed E-state index contributed by atoms with van der Waals surface area (Å²) in [4.78, 5) is 0. The minimum atomic E-state index is 0.909. The molecule has 0 saturated heterocycles. The molecule has 0 amide bonds. The third kappa shape index (κ3) is 6.37. The molecule has 2 heterocycles. The zero-order valence-electron chi connectivity index (χ0n) is 22.3. The number of nitrogens with zero attached hydrogens (tertiary/aromatic N) is 3. The predicted octanol–water partition coefficient (Wildman–Crippen LogP) is 6.52. The lowest BCUT2D eigenvalue weighted by atomic mass is 10.0. The van der Waals surface area contributed by atoms with Crippen LogP contribution in [-0.4, -0.2) is 24.4 Å². The first kappa shape index (κ1) is 26.0. The Kier molecular flexibility index (Phi) is 8.93. The number of benzene rings is 2. The smallest absolute Gasteiger partial charge is 0.225 e. The minimum Gasteiger partial charge on any atom is -0.239 e. The molecule has 0 aliphatic heterocycles. The second-order valence-corrected chi connectivity index (χ2v) is 9.35. The van der Waals surface area contributed by atoms with E-state index >= 15 is 0 Å². The molecule has 2 aromatic heterocycles. The number of allylic oxidation sites excluding steroid dienone is 2. The van der Waals surface area contributed by atoms with Crippen LogP contribution in [0, 0.1) is 6.92 Å². The summed E-state index contributed by atoms with van der Waals surface area (Å²) in [6.45, 7) is 10.1. The Morgan fingerprint density at radius 2 is 1.51 bits per heavy atom. The number of aryl methyl sites for hydroxylation is 2. The molecular formula is C34H38N3+3. The van der Waals surface area contributed by atoms with Gasteiger partial charge in [0.15, 0.2) is 18.9 Å². The highest BCUT2D eigenvalue weighted by Gasteiger charge is 2.24. The average molecular weight is 489 g/mol. The Hall–Kier alpha value is -4.11. The molecule has 186 valence electrons. The van der Waals surface area contributed by atoms with E-state index in [-0.39, 0.29) is 0 Å². The summed E-state index contributed by atoms with van der Waals surface area (Å²) >= 11 is 0. The first-order chi connectivity index (χ1) is 18.1. The predicted molar refractivity (Wildman–Crippen MR) is 154 cm³/mol. The Morgan fingerprint density at radius 3 is 2.27 bits per heavy atom. The molecule has 0 N–H and O–H groups in total. The van der Waals surface area contributed by atoms with Crippen LogP contribution in [0.4, 0.5) is 0 Å². The topological polar surface area (TPSA) is 10.8 Å². The van der Waals surface area contributed by atoms with Crippen LogP contribution in [0.25, 0.3) is 28.2 Å². The molecule has 0 fully saturated rings. The highest BCUT2D eigenvalue weighted by atomic mass is 15.0. The average Bonchev–Trinajstić information content (AvgIpc) is 2.95. The maximum absolute atomic E-state index is 4.03. The van der Waals surface area contributed by atoms with Crippen LogP contribution < -0.4 is 9.13 Å². The zero-order chi connectivity index (χ0) is 26.0. The summed E-state index contributed by atoms with van der Waals surface area (Å²) in [6.07, 6.45) is 12.8. The van der Waals surface area contributed by atoms with Crippen molar-refractivity contribution in [3.8, 4) is 28.2 Å². The van der Waals surface area contributed by atoms with Gasteiger partial charge in [-0.05, 0) is 54.8 Å². The molecule has 3 heteroatoms. The van der Waals surface area contributed by atoms with Gasteiger partial charge in [-0.3, -0.25) is 0 Å². The van der Waals surface area contributed by atoms with Crippen molar-refractivity contribution in [3.05, 3.63) is 127 Å². The van der Waals surface area contributed by atoms with Crippen molar-refractivity contribution in [2.24, 2.45) is 0 Å². The number of para-hydroxylation sites is 1. The molecule has 0 spiro atoms. The van der Waals surface area contributed by atoms with E-state index in [1.807, 2.05) is 6.08 Å². The van der Waals surface area contributed by atoms with Gasteiger partial charge in [0.2, 0.25) is 17.1 Å². The van der Waals surface area contributed by atoms with E-state index in [0.717, 1.165) is 25.9 Å². The molecule has 0 aliphatic carbocycles. The second kappa shape index (κ2) is 12.7. The van der Waals surface area contributed by atoms with Crippen LogP contribution in [0.3, 0.4) is 0 Å². The monoisotopic (exact) mass is 488 g/mol. The maximum Gasteiger partial charge on any atom is 0.225 e. The number of pyridine rings is 2. The molecule has 0 bridgehead atoms.